The topological polar surface area (TPSA) is 52.3 Å². The zero-order valence-corrected chi connectivity index (χ0v) is 14.6. The maximum Gasteiger partial charge on any atom is 0.116 e. The van der Waals surface area contributed by atoms with Gasteiger partial charge in [0.25, 0.3) is 0 Å². The van der Waals surface area contributed by atoms with Gasteiger partial charge in [0.1, 0.15) is 16.7 Å². The van der Waals surface area contributed by atoms with E-state index in [2.05, 4.69) is 34.8 Å². The Kier molecular flexibility index (Phi) is 4.68. The molecule has 0 amide bonds. The van der Waals surface area contributed by atoms with Gasteiger partial charge < -0.3 is 4.90 Å². The van der Waals surface area contributed by atoms with Gasteiger partial charge in [0, 0.05) is 17.8 Å². The Balaban J connectivity index is 1.90. The zero-order chi connectivity index (χ0) is 17.1. The van der Waals surface area contributed by atoms with Crippen LogP contribution in [0.25, 0.3) is 5.70 Å². The molecule has 5 heteroatoms. The molecule has 3 rings (SSSR count). The molecule has 120 valence electrons. The normalized spacial score (nSPS) is 12.9. The zero-order valence-electron chi connectivity index (χ0n) is 13.8. The lowest BCUT2D eigenvalue weighted by Crippen LogP contribution is -2.26. The van der Waals surface area contributed by atoms with Crippen LogP contribution in [0.4, 0.5) is 5.69 Å². The minimum Gasteiger partial charge on any atom is -0.332 e. The molecule has 0 fully saturated rings. The molecule has 0 saturated carbocycles. The average molecular weight is 334 g/mol. The Hall–Kier alpha value is -2.58. The molecule has 1 aromatic carbocycles. The summed E-state index contributed by atoms with van der Waals surface area (Å²) in [5.74, 6) is 0. The third-order valence-electron chi connectivity index (χ3n) is 4.07. The summed E-state index contributed by atoms with van der Waals surface area (Å²) >= 11 is 1.47. The van der Waals surface area contributed by atoms with Crippen molar-refractivity contribution in [1.29, 1.82) is 5.26 Å². The second-order valence-corrected chi connectivity index (χ2v) is 6.33. The minimum absolute atomic E-state index is 0.531. The summed E-state index contributed by atoms with van der Waals surface area (Å²) in [5.41, 5.74) is 5.08. The minimum atomic E-state index is 0.531. The molecule has 0 unspecified atom stereocenters. The molecule has 0 saturated heterocycles. The average Bonchev–Trinajstić information content (AvgIpc) is 2.61. The van der Waals surface area contributed by atoms with Gasteiger partial charge in [-0.25, -0.2) is 9.98 Å². The van der Waals surface area contributed by atoms with Crippen LogP contribution in [-0.2, 0) is 6.42 Å². The van der Waals surface area contributed by atoms with Gasteiger partial charge in [-0.05, 0) is 25.2 Å². The van der Waals surface area contributed by atoms with Gasteiger partial charge in [-0.2, -0.15) is 5.26 Å². The lowest BCUT2D eigenvalue weighted by Gasteiger charge is -2.28. The summed E-state index contributed by atoms with van der Waals surface area (Å²) in [6.45, 7) is 6.95. The van der Waals surface area contributed by atoms with Gasteiger partial charge in [-0.15, -0.1) is 11.8 Å². The van der Waals surface area contributed by atoms with Crippen molar-refractivity contribution in [3.05, 3.63) is 59.3 Å². The monoisotopic (exact) mass is 334 g/mol. The van der Waals surface area contributed by atoms with Gasteiger partial charge in [0.15, 0.2) is 0 Å². The van der Waals surface area contributed by atoms with Crippen molar-refractivity contribution in [2.45, 2.75) is 18.4 Å². The third kappa shape index (κ3) is 2.93. The summed E-state index contributed by atoms with van der Waals surface area (Å²) in [6, 6.07) is 12.6. The molecule has 2 aromatic rings. The highest BCUT2D eigenvalue weighted by atomic mass is 32.2. The molecule has 4 nitrogen and oxygen atoms in total. The van der Waals surface area contributed by atoms with Crippen molar-refractivity contribution >= 4 is 29.5 Å². The van der Waals surface area contributed by atoms with E-state index in [-0.39, 0.29) is 0 Å². The molecule has 2 heterocycles. The fraction of sp³-hybridized carbons (Fsp3) is 0.211. The molecule has 0 spiro atoms. The molecule has 1 aromatic heterocycles. The molecule has 1 aliphatic heterocycles. The molecular formula is C19H18N4S. The van der Waals surface area contributed by atoms with E-state index in [9.17, 15) is 5.26 Å². The Morgan fingerprint density at radius 2 is 2.04 bits per heavy atom. The third-order valence-corrected chi connectivity index (χ3v) is 4.75. The van der Waals surface area contributed by atoms with Crippen LogP contribution in [-0.4, -0.2) is 29.0 Å². The van der Waals surface area contributed by atoms with E-state index in [0.717, 1.165) is 34.9 Å². The Morgan fingerprint density at radius 3 is 2.71 bits per heavy atom. The van der Waals surface area contributed by atoms with Crippen LogP contribution in [0.2, 0.25) is 0 Å². The number of nitrogens with zero attached hydrogens (tertiary/aromatic N) is 4. The van der Waals surface area contributed by atoms with E-state index in [0.29, 0.717) is 11.3 Å². The molecule has 0 radical (unpaired) electrons. The van der Waals surface area contributed by atoms with Crippen LogP contribution in [0.15, 0.2) is 46.9 Å². The maximum absolute atomic E-state index is 9.48. The van der Waals surface area contributed by atoms with E-state index in [1.54, 1.807) is 6.34 Å². The van der Waals surface area contributed by atoms with Gasteiger partial charge in [-0.1, -0.05) is 36.9 Å². The lowest BCUT2D eigenvalue weighted by molar-refractivity contribution is 0.591. The van der Waals surface area contributed by atoms with E-state index in [1.165, 1.54) is 17.3 Å². The first kappa shape index (κ1) is 16.3. The summed E-state index contributed by atoms with van der Waals surface area (Å²) < 4.78 is 0. The number of aryl methyl sites for hydroxylation is 1. The van der Waals surface area contributed by atoms with Crippen LogP contribution in [0, 0.1) is 18.3 Å². The van der Waals surface area contributed by atoms with Crippen molar-refractivity contribution < 1.29 is 0 Å². The first-order valence-corrected chi connectivity index (χ1v) is 8.91. The molecule has 0 bridgehead atoms. The van der Waals surface area contributed by atoms with Crippen LogP contribution >= 0.6 is 11.8 Å². The maximum atomic E-state index is 9.48. The number of fused-ring (bicyclic) bond motifs is 1. The smallest absolute Gasteiger partial charge is 0.116 e. The highest BCUT2D eigenvalue weighted by Crippen LogP contribution is 2.39. The van der Waals surface area contributed by atoms with Crippen LogP contribution < -0.4 is 0 Å². The number of aromatic nitrogens is 1. The lowest BCUT2D eigenvalue weighted by atomic mass is 10.0. The summed E-state index contributed by atoms with van der Waals surface area (Å²) in [6.07, 6.45) is 4.60. The molecule has 0 N–H and O–H groups in total. The van der Waals surface area contributed by atoms with Gasteiger partial charge in [0.05, 0.1) is 17.7 Å². The number of thioether (sulfide) groups is 1. The van der Waals surface area contributed by atoms with Crippen LogP contribution in [0.3, 0.4) is 0 Å². The molecule has 0 atom stereocenters. The molecule has 1 aliphatic rings. The van der Waals surface area contributed by atoms with Crippen molar-refractivity contribution in [3.63, 3.8) is 0 Å². The number of hydrogen-bond donors (Lipinski definition) is 0. The first-order valence-electron chi connectivity index (χ1n) is 7.68. The standard InChI is InChI=1S/C19H18N4S/c1-13-17-14(2)23(10-9-15-7-5-4-6-8-15)12-21-18(17)16(11-20)19(22-13)24-3/h4-8,12H,2,9-10H2,1,3H3. The van der Waals surface area contributed by atoms with Crippen LogP contribution in [0.1, 0.15) is 22.4 Å². The fourth-order valence-corrected chi connectivity index (χ4v) is 3.39. The summed E-state index contributed by atoms with van der Waals surface area (Å²) in [5, 5.41) is 10.2. The Bertz CT molecular complexity index is 850. The number of hydrogen-bond acceptors (Lipinski definition) is 5. The van der Waals surface area contributed by atoms with Gasteiger partial charge in [-0.3, -0.25) is 0 Å². The second kappa shape index (κ2) is 6.90. The largest absolute Gasteiger partial charge is 0.332 e. The van der Waals surface area contributed by atoms with E-state index in [4.69, 9.17) is 0 Å². The predicted octanol–water partition coefficient (Wildman–Crippen LogP) is 4.17. The first-order chi connectivity index (χ1) is 11.7. The predicted molar refractivity (Wildman–Crippen MR) is 99.5 cm³/mol. The Labute approximate surface area is 146 Å². The van der Waals surface area contributed by atoms with Gasteiger partial charge in [0.2, 0.25) is 0 Å². The van der Waals surface area contributed by atoms with Gasteiger partial charge >= 0.3 is 0 Å². The van der Waals surface area contributed by atoms with E-state index in [1.807, 2.05) is 36.3 Å². The van der Waals surface area contributed by atoms with Crippen molar-refractivity contribution in [2.24, 2.45) is 4.99 Å². The van der Waals surface area contributed by atoms with Crippen molar-refractivity contribution in [1.82, 2.24) is 9.88 Å². The second-order valence-electron chi connectivity index (χ2n) is 5.54. The SMILES string of the molecule is C=C1c2c(C)nc(SC)c(C#N)c2N=CN1CCc1ccccc1. The number of nitriles is 1. The van der Waals surface area contributed by atoms with Crippen molar-refractivity contribution in [3.8, 4) is 6.07 Å². The fourth-order valence-electron chi connectivity index (χ4n) is 2.81. The number of rotatable bonds is 4. The van der Waals surface area contributed by atoms with E-state index >= 15 is 0 Å². The number of pyridine rings is 1. The molecule has 24 heavy (non-hydrogen) atoms. The quantitative estimate of drug-likeness (QED) is 0.787. The van der Waals surface area contributed by atoms with Crippen LogP contribution in [0.5, 0.6) is 0 Å². The number of benzene rings is 1. The summed E-state index contributed by atoms with van der Waals surface area (Å²) in [7, 11) is 0. The Morgan fingerprint density at radius 1 is 1.29 bits per heavy atom. The highest BCUT2D eigenvalue weighted by molar-refractivity contribution is 7.98. The number of aliphatic imine (C=N–C) groups is 1. The van der Waals surface area contributed by atoms with E-state index < -0.39 is 0 Å². The molecule has 0 aliphatic carbocycles. The molecular weight excluding hydrogens is 316 g/mol. The summed E-state index contributed by atoms with van der Waals surface area (Å²) in [4.78, 5) is 11.1. The van der Waals surface area contributed by atoms with Crippen molar-refractivity contribution in [2.75, 3.05) is 12.8 Å². The highest BCUT2D eigenvalue weighted by Gasteiger charge is 2.24.